The van der Waals surface area contributed by atoms with E-state index in [4.69, 9.17) is 0 Å². The second kappa shape index (κ2) is 7.71. The normalized spacial score (nSPS) is 17.8. The third-order valence-electron chi connectivity index (χ3n) is 4.43. The number of carbonyl (C=O) groups excluding carboxylic acids is 3. The lowest BCUT2D eigenvalue weighted by molar-refractivity contribution is -0.128. The largest absolute Gasteiger partial charge is 0.351 e. The van der Waals surface area contributed by atoms with Gasteiger partial charge in [-0.05, 0) is 49.9 Å². The Balaban J connectivity index is 2.02. The number of anilines is 2. The Hall–Kier alpha value is -2.37. The zero-order valence-corrected chi connectivity index (χ0v) is 17.2. The van der Waals surface area contributed by atoms with Gasteiger partial charge in [-0.1, -0.05) is 20.8 Å². The van der Waals surface area contributed by atoms with Crippen LogP contribution in [0.5, 0.6) is 0 Å². The molecule has 2 N–H and O–H groups in total. The number of rotatable bonds is 5. The van der Waals surface area contributed by atoms with Crippen LogP contribution in [-0.4, -0.2) is 29.8 Å². The van der Waals surface area contributed by atoms with Gasteiger partial charge in [-0.25, -0.2) is 0 Å². The van der Waals surface area contributed by atoms with Gasteiger partial charge in [-0.2, -0.15) is 0 Å². The Labute approximate surface area is 161 Å². The molecule has 2 rings (SSSR count). The van der Waals surface area contributed by atoms with E-state index in [1.807, 2.05) is 13.8 Å². The standard InChI is InChI=1S/C21H31N3O3/c1-14(25)22-16-7-9-17(10-8-16)24-12-15(11-18(24)26)19(27)23-21(5,6)13-20(2,3)4/h7-10,15H,11-13H2,1-6H3,(H,22,25)(H,23,27). The number of hydrogen-bond acceptors (Lipinski definition) is 3. The van der Waals surface area contributed by atoms with Crippen LogP contribution >= 0.6 is 0 Å². The molecule has 0 aromatic heterocycles. The summed E-state index contributed by atoms with van der Waals surface area (Å²) in [7, 11) is 0. The Kier molecular flexibility index (Phi) is 5.97. The number of nitrogens with zero attached hydrogens (tertiary/aromatic N) is 1. The minimum Gasteiger partial charge on any atom is -0.351 e. The van der Waals surface area contributed by atoms with Crippen molar-refractivity contribution in [3.8, 4) is 0 Å². The van der Waals surface area contributed by atoms with Gasteiger partial charge in [0, 0.05) is 36.8 Å². The average molecular weight is 373 g/mol. The Morgan fingerprint density at radius 3 is 2.22 bits per heavy atom. The summed E-state index contributed by atoms with van der Waals surface area (Å²) in [5.74, 6) is -0.632. The highest BCUT2D eigenvalue weighted by Gasteiger charge is 2.37. The molecule has 6 nitrogen and oxygen atoms in total. The summed E-state index contributed by atoms with van der Waals surface area (Å²) in [5.41, 5.74) is 1.19. The van der Waals surface area contributed by atoms with Crippen LogP contribution in [0.4, 0.5) is 11.4 Å². The predicted octanol–water partition coefficient (Wildman–Crippen LogP) is 3.33. The molecule has 1 aromatic rings. The molecule has 1 aliphatic heterocycles. The number of amides is 3. The van der Waals surface area contributed by atoms with E-state index in [-0.39, 0.29) is 41.0 Å². The topological polar surface area (TPSA) is 78.5 Å². The minimum atomic E-state index is -0.355. The lowest BCUT2D eigenvalue weighted by Crippen LogP contribution is -2.48. The fourth-order valence-electron chi connectivity index (χ4n) is 3.87. The third-order valence-corrected chi connectivity index (χ3v) is 4.43. The van der Waals surface area contributed by atoms with E-state index in [9.17, 15) is 14.4 Å². The van der Waals surface area contributed by atoms with Crippen LogP contribution in [0.25, 0.3) is 0 Å². The van der Waals surface area contributed by atoms with Gasteiger partial charge in [0.05, 0.1) is 5.92 Å². The van der Waals surface area contributed by atoms with E-state index in [0.717, 1.165) is 12.1 Å². The molecule has 1 aliphatic rings. The lowest BCUT2D eigenvalue weighted by Gasteiger charge is -2.34. The highest BCUT2D eigenvalue weighted by Crippen LogP contribution is 2.29. The van der Waals surface area contributed by atoms with E-state index in [2.05, 4.69) is 31.4 Å². The summed E-state index contributed by atoms with van der Waals surface area (Å²) in [5, 5.41) is 5.81. The van der Waals surface area contributed by atoms with Crippen molar-refractivity contribution >= 4 is 29.1 Å². The SMILES string of the molecule is CC(=O)Nc1ccc(N2CC(C(=O)NC(C)(C)CC(C)(C)C)CC2=O)cc1. The molecule has 0 aliphatic carbocycles. The van der Waals surface area contributed by atoms with Crippen LogP contribution < -0.4 is 15.5 Å². The molecular formula is C21H31N3O3. The van der Waals surface area contributed by atoms with Crippen molar-refractivity contribution in [3.63, 3.8) is 0 Å². The number of carbonyl (C=O) groups is 3. The molecule has 0 bridgehead atoms. The molecule has 27 heavy (non-hydrogen) atoms. The summed E-state index contributed by atoms with van der Waals surface area (Å²) in [4.78, 5) is 37.9. The molecule has 1 fully saturated rings. The molecule has 1 aromatic carbocycles. The van der Waals surface area contributed by atoms with Gasteiger partial charge in [0.15, 0.2) is 0 Å². The van der Waals surface area contributed by atoms with Gasteiger partial charge in [-0.15, -0.1) is 0 Å². The van der Waals surface area contributed by atoms with Crippen LogP contribution in [0.15, 0.2) is 24.3 Å². The Morgan fingerprint density at radius 1 is 1.11 bits per heavy atom. The van der Waals surface area contributed by atoms with Crippen molar-refractivity contribution < 1.29 is 14.4 Å². The quantitative estimate of drug-likeness (QED) is 0.831. The van der Waals surface area contributed by atoms with Crippen molar-refractivity contribution in [2.45, 2.75) is 59.9 Å². The highest BCUT2D eigenvalue weighted by molar-refractivity contribution is 6.00. The van der Waals surface area contributed by atoms with Crippen molar-refractivity contribution in [2.75, 3.05) is 16.8 Å². The smallest absolute Gasteiger partial charge is 0.227 e. The van der Waals surface area contributed by atoms with Crippen LogP contribution in [0, 0.1) is 11.3 Å². The van der Waals surface area contributed by atoms with Gasteiger partial charge in [0.1, 0.15) is 0 Å². The van der Waals surface area contributed by atoms with Crippen LogP contribution in [0.3, 0.4) is 0 Å². The summed E-state index contributed by atoms with van der Waals surface area (Å²) < 4.78 is 0. The maximum absolute atomic E-state index is 12.7. The van der Waals surface area contributed by atoms with Crippen LogP contribution in [0.1, 0.15) is 54.4 Å². The monoisotopic (exact) mass is 373 g/mol. The molecule has 1 saturated heterocycles. The molecule has 1 atom stereocenters. The molecule has 1 heterocycles. The Bertz CT molecular complexity index is 717. The van der Waals surface area contributed by atoms with E-state index >= 15 is 0 Å². The van der Waals surface area contributed by atoms with Crippen molar-refractivity contribution in [1.82, 2.24) is 5.32 Å². The third kappa shape index (κ3) is 6.08. The summed E-state index contributed by atoms with van der Waals surface area (Å²) in [6, 6.07) is 7.08. The first kappa shape index (κ1) is 20.9. The molecule has 3 amide bonds. The second-order valence-electron chi connectivity index (χ2n) is 9.24. The van der Waals surface area contributed by atoms with Gasteiger partial charge < -0.3 is 15.5 Å². The summed E-state index contributed by atoms with van der Waals surface area (Å²) in [6.45, 7) is 12.3. The zero-order chi connectivity index (χ0) is 20.4. The summed E-state index contributed by atoms with van der Waals surface area (Å²) >= 11 is 0. The first-order valence-corrected chi connectivity index (χ1v) is 9.36. The predicted molar refractivity (Wildman–Crippen MR) is 107 cm³/mol. The van der Waals surface area contributed by atoms with Crippen molar-refractivity contribution in [3.05, 3.63) is 24.3 Å². The molecule has 0 spiro atoms. The molecule has 0 saturated carbocycles. The van der Waals surface area contributed by atoms with Gasteiger partial charge >= 0.3 is 0 Å². The first-order chi connectivity index (χ1) is 12.4. The average Bonchev–Trinajstić information content (AvgIpc) is 2.86. The van der Waals surface area contributed by atoms with Crippen molar-refractivity contribution in [2.24, 2.45) is 11.3 Å². The first-order valence-electron chi connectivity index (χ1n) is 9.36. The van der Waals surface area contributed by atoms with Crippen molar-refractivity contribution in [1.29, 1.82) is 0 Å². The van der Waals surface area contributed by atoms with Gasteiger partial charge in [-0.3, -0.25) is 14.4 Å². The lowest BCUT2D eigenvalue weighted by atomic mass is 9.81. The molecule has 6 heteroatoms. The molecule has 0 radical (unpaired) electrons. The maximum Gasteiger partial charge on any atom is 0.227 e. The van der Waals surface area contributed by atoms with Crippen LogP contribution in [0.2, 0.25) is 0 Å². The van der Waals surface area contributed by atoms with E-state index in [1.54, 1.807) is 29.2 Å². The highest BCUT2D eigenvalue weighted by atomic mass is 16.2. The van der Waals surface area contributed by atoms with E-state index in [1.165, 1.54) is 6.92 Å². The summed E-state index contributed by atoms with van der Waals surface area (Å²) in [6.07, 6.45) is 1.06. The molecular weight excluding hydrogens is 342 g/mol. The minimum absolute atomic E-state index is 0.0592. The van der Waals surface area contributed by atoms with E-state index in [0.29, 0.717) is 12.2 Å². The Morgan fingerprint density at radius 2 is 1.70 bits per heavy atom. The fourth-order valence-corrected chi connectivity index (χ4v) is 3.87. The fraction of sp³-hybridized carbons (Fsp3) is 0.571. The van der Waals surface area contributed by atoms with Gasteiger partial charge in [0.25, 0.3) is 0 Å². The molecule has 1 unspecified atom stereocenters. The number of benzene rings is 1. The number of hydrogen-bond donors (Lipinski definition) is 2. The second-order valence-corrected chi connectivity index (χ2v) is 9.24. The molecule has 148 valence electrons. The zero-order valence-electron chi connectivity index (χ0n) is 17.2. The van der Waals surface area contributed by atoms with Gasteiger partial charge in [0.2, 0.25) is 17.7 Å². The van der Waals surface area contributed by atoms with E-state index < -0.39 is 0 Å². The maximum atomic E-state index is 12.7. The van der Waals surface area contributed by atoms with Crippen LogP contribution in [-0.2, 0) is 14.4 Å². The number of nitrogens with one attached hydrogen (secondary N) is 2.